The Kier molecular flexibility index (Phi) is 2.86. The molecular formula is C15H14O. The number of benzene rings is 2. The summed E-state index contributed by atoms with van der Waals surface area (Å²) >= 11 is 0. The number of aldehydes is 1. The molecule has 1 heteroatoms. The number of aryl methyl sites for hydroxylation is 2. The largest absolute Gasteiger partial charge is 0.298 e. The van der Waals surface area contributed by atoms with E-state index >= 15 is 0 Å². The lowest BCUT2D eigenvalue weighted by Gasteiger charge is -2.05. The van der Waals surface area contributed by atoms with Crippen LogP contribution in [0.5, 0.6) is 0 Å². The summed E-state index contributed by atoms with van der Waals surface area (Å²) in [6, 6.07) is 14.2. The average molecular weight is 210 g/mol. The fourth-order valence-corrected chi connectivity index (χ4v) is 1.79. The van der Waals surface area contributed by atoms with E-state index in [4.69, 9.17) is 0 Å². The smallest absolute Gasteiger partial charge is 0.150 e. The maximum atomic E-state index is 10.8. The minimum absolute atomic E-state index is 0.732. The Labute approximate surface area is 95.7 Å². The summed E-state index contributed by atoms with van der Waals surface area (Å²) in [5.41, 5.74) is 5.34. The maximum absolute atomic E-state index is 10.8. The molecule has 0 radical (unpaired) electrons. The lowest BCUT2D eigenvalue weighted by Crippen LogP contribution is -1.86. The Morgan fingerprint density at radius 3 is 2.12 bits per heavy atom. The summed E-state index contributed by atoms with van der Waals surface area (Å²) in [7, 11) is 0. The number of carbonyl (C=O) groups is 1. The van der Waals surface area contributed by atoms with Gasteiger partial charge in [-0.2, -0.15) is 0 Å². The van der Waals surface area contributed by atoms with Gasteiger partial charge in [0.1, 0.15) is 6.29 Å². The second kappa shape index (κ2) is 4.31. The van der Waals surface area contributed by atoms with Gasteiger partial charge in [-0.1, -0.05) is 35.9 Å². The van der Waals surface area contributed by atoms with Crippen LogP contribution in [0.15, 0.2) is 42.5 Å². The van der Waals surface area contributed by atoms with Crippen LogP contribution in [0, 0.1) is 13.8 Å². The summed E-state index contributed by atoms with van der Waals surface area (Å²) in [5, 5.41) is 0. The molecule has 0 bridgehead atoms. The van der Waals surface area contributed by atoms with Crippen molar-refractivity contribution in [3.63, 3.8) is 0 Å². The quantitative estimate of drug-likeness (QED) is 0.689. The first-order valence-electron chi connectivity index (χ1n) is 5.33. The van der Waals surface area contributed by atoms with Crippen LogP contribution in [0.4, 0.5) is 0 Å². The molecule has 0 heterocycles. The number of rotatable bonds is 2. The van der Waals surface area contributed by atoms with Crippen molar-refractivity contribution in [1.82, 2.24) is 0 Å². The predicted octanol–water partition coefficient (Wildman–Crippen LogP) is 3.78. The molecule has 16 heavy (non-hydrogen) atoms. The molecule has 0 unspecified atom stereocenters. The Morgan fingerprint density at radius 2 is 1.50 bits per heavy atom. The van der Waals surface area contributed by atoms with Gasteiger partial charge in [0.15, 0.2) is 0 Å². The first kappa shape index (κ1) is 10.6. The Hall–Kier alpha value is -1.89. The van der Waals surface area contributed by atoms with E-state index in [9.17, 15) is 4.79 Å². The molecule has 0 spiro atoms. The van der Waals surface area contributed by atoms with Gasteiger partial charge < -0.3 is 0 Å². The van der Waals surface area contributed by atoms with Crippen LogP contribution in [0.25, 0.3) is 11.1 Å². The molecule has 0 aliphatic rings. The summed E-state index contributed by atoms with van der Waals surface area (Å²) in [4.78, 5) is 10.8. The van der Waals surface area contributed by atoms with Crippen molar-refractivity contribution in [2.24, 2.45) is 0 Å². The fourth-order valence-electron chi connectivity index (χ4n) is 1.79. The minimum atomic E-state index is 0.732. The third-order valence-corrected chi connectivity index (χ3v) is 2.62. The van der Waals surface area contributed by atoms with Gasteiger partial charge in [0.25, 0.3) is 0 Å². The maximum Gasteiger partial charge on any atom is 0.150 e. The molecule has 0 aliphatic heterocycles. The van der Waals surface area contributed by atoms with Gasteiger partial charge in [-0.3, -0.25) is 4.79 Å². The lowest BCUT2D eigenvalue weighted by molar-refractivity contribution is 0.112. The minimum Gasteiger partial charge on any atom is -0.298 e. The van der Waals surface area contributed by atoms with Gasteiger partial charge in [-0.15, -0.1) is 0 Å². The molecule has 0 aliphatic carbocycles. The van der Waals surface area contributed by atoms with Crippen LogP contribution < -0.4 is 0 Å². The molecule has 0 aromatic heterocycles. The summed E-state index contributed by atoms with van der Waals surface area (Å²) in [6.07, 6.45) is 0.894. The zero-order valence-corrected chi connectivity index (χ0v) is 9.53. The van der Waals surface area contributed by atoms with Gasteiger partial charge in [-0.25, -0.2) is 0 Å². The highest BCUT2D eigenvalue weighted by molar-refractivity contribution is 5.79. The van der Waals surface area contributed by atoms with Crippen molar-refractivity contribution >= 4 is 6.29 Å². The van der Waals surface area contributed by atoms with E-state index in [1.807, 2.05) is 19.1 Å². The van der Waals surface area contributed by atoms with Crippen LogP contribution in [0.3, 0.4) is 0 Å². The van der Waals surface area contributed by atoms with Gasteiger partial charge in [0.2, 0.25) is 0 Å². The summed E-state index contributed by atoms with van der Waals surface area (Å²) in [6.45, 7) is 4.07. The zero-order valence-electron chi connectivity index (χ0n) is 9.53. The predicted molar refractivity (Wildman–Crippen MR) is 66.7 cm³/mol. The highest BCUT2D eigenvalue weighted by atomic mass is 16.1. The lowest BCUT2D eigenvalue weighted by atomic mass is 10.00. The average Bonchev–Trinajstić information content (AvgIpc) is 2.29. The van der Waals surface area contributed by atoms with Crippen molar-refractivity contribution < 1.29 is 4.79 Å². The van der Waals surface area contributed by atoms with Crippen LogP contribution in [-0.4, -0.2) is 6.29 Å². The molecular weight excluding hydrogens is 196 g/mol. The van der Waals surface area contributed by atoms with Crippen LogP contribution in [0.1, 0.15) is 21.5 Å². The van der Waals surface area contributed by atoms with Crippen molar-refractivity contribution in [3.05, 3.63) is 59.2 Å². The van der Waals surface area contributed by atoms with E-state index in [0.717, 1.165) is 28.5 Å². The molecule has 0 N–H and O–H groups in total. The standard InChI is InChI=1S/C15H14O/c1-11-3-5-14(6-4-11)15-8-12(2)7-13(9-15)10-16/h3-10H,1-2H3. The van der Waals surface area contributed by atoms with Crippen LogP contribution >= 0.6 is 0 Å². The molecule has 0 amide bonds. The van der Waals surface area contributed by atoms with Gasteiger partial charge in [0, 0.05) is 5.56 Å². The van der Waals surface area contributed by atoms with Gasteiger partial charge >= 0.3 is 0 Å². The van der Waals surface area contributed by atoms with Crippen LogP contribution in [-0.2, 0) is 0 Å². The van der Waals surface area contributed by atoms with Crippen molar-refractivity contribution in [1.29, 1.82) is 0 Å². The summed E-state index contributed by atoms with van der Waals surface area (Å²) < 4.78 is 0. The second-order valence-electron chi connectivity index (χ2n) is 4.12. The molecule has 0 saturated heterocycles. The molecule has 2 aromatic rings. The number of carbonyl (C=O) groups excluding carboxylic acids is 1. The van der Waals surface area contributed by atoms with E-state index in [0.29, 0.717) is 0 Å². The first-order valence-corrected chi connectivity index (χ1v) is 5.33. The van der Waals surface area contributed by atoms with Crippen molar-refractivity contribution in [2.75, 3.05) is 0 Å². The van der Waals surface area contributed by atoms with Crippen molar-refractivity contribution in [2.45, 2.75) is 13.8 Å². The van der Waals surface area contributed by atoms with E-state index in [1.54, 1.807) is 0 Å². The third-order valence-electron chi connectivity index (χ3n) is 2.62. The second-order valence-corrected chi connectivity index (χ2v) is 4.12. The number of hydrogen-bond acceptors (Lipinski definition) is 1. The molecule has 0 atom stereocenters. The SMILES string of the molecule is Cc1ccc(-c2cc(C)cc(C=O)c2)cc1. The van der Waals surface area contributed by atoms with Gasteiger partial charge in [-0.05, 0) is 42.7 Å². The highest BCUT2D eigenvalue weighted by Gasteiger charge is 2.00. The highest BCUT2D eigenvalue weighted by Crippen LogP contribution is 2.22. The van der Waals surface area contributed by atoms with Crippen LogP contribution in [0.2, 0.25) is 0 Å². The summed E-state index contributed by atoms with van der Waals surface area (Å²) in [5.74, 6) is 0. The molecule has 2 rings (SSSR count). The monoisotopic (exact) mass is 210 g/mol. The van der Waals surface area contributed by atoms with E-state index in [2.05, 4.69) is 37.3 Å². The zero-order chi connectivity index (χ0) is 11.5. The molecule has 0 fully saturated rings. The van der Waals surface area contributed by atoms with E-state index in [-0.39, 0.29) is 0 Å². The topological polar surface area (TPSA) is 17.1 Å². The van der Waals surface area contributed by atoms with Crippen molar-refractivity contribution in [3.8, 4) is 11.1 Å². The number of hydrogen-bond donors (Lipinski definition) is 0. The third kappa shape index (κ3) is 2.19. The molecule has 1 nitrogen and oxygen atoms in total. The Bertz CT molecular complexity index is 509. The van der Waals surface area contributed by atoms with Gasteiger partial charge in [0.05, 0.1) is 0 Å². The molecule has 0 saturated carbocycles. The molecule has 80 valence electrons. The Balaban J connectivity index is 2.51. The van der Waals surface area contributed by atoms with E-state index in [1.165, 1.54) is 5.56 Å². The normalized spacial score (nSPS) is 10.1. The first-order chi connectivity index (χ1) is 7.69. The molecule has 2 aromatic carbocycles. The van der Waals surface area contributed by atoms with E-state index < -0.39 is 0 Å². The fraction of sp³-hybridized carbons (Fsp3) is 0.133. The Morgan fingerprint density at radius 1 is 0.812 bits per heavy atom.